The van der Waals surface area contributed by atoms with Gasteiger partial charge in [0, 0.05) is 15.5 Å². The first-order valence-corrected chi connectivity index (χ1v) is 6.37. The summed E-state index contributed by atoms with van der Waals surface area (Å²) < 4.78 is 0. The third-order valence-corrected chi connectivity index (χ3v) is 4.68. The van der Waals surface area contributed by atoms with Gasteiger partial charge in [-0.05, 0) is 36.5 Å². The van der Waals surface area contributed by atoms with Gasteiger partial charge in [-0.1, -0.05) is 43.1 Å². The Labute approximate surface area is 106 Å². The van der Waals surface area contributed by atoms with Crippen molar-refractivity contribution in [3.05, 3.63) is 33.8 Å². The van der Waals surface area contributed by atoms with Crippen LogP contribution >= 0.6 is 23.2 Å². The topological polar surface area (TPSA) is 20.2 Å². The number of hydrogen-bond acceptors (Lipinski definition) is 1. The number of rotatable bonds is 2. The molecule has 1 aromatic carbocycles. The molecule has 1 fully saturated rings. The maximum atomic E-state index is 9.88. The maximum Gasteiger partial charge on any atom is 0.0605 e. The molecule has 0 bridgehead atoms. The van der Waals surface area contributed by atoms with Crippen LogP contribution in [0.2, 0.25) is 10.0 Å². The molecule has 0 radical (unpaired) electrons. The van der Waals surface area contributed by atoms with Crippen LogP contribution < -0.4 is 0 Å². The van der Waals surface area contributed by atoms with Gasteiger partial charge in [0.15, 0.2) is 0 Å². The summed E-state index contributed by atoms with van der Waals surface area (Å²) in [4.78, 5) is 0. The van der Waals surface area contributed by atoms with Gasteiger partial charge in [-0.15, -0.1) is 0 Å². The third kappa shape index (κ3) is 1.75. The molecule has 1 aromatic rings. The Morgan fingerprint density at radius 1 is 1.44 bits per heavy atom. The van der Waals surface area contributed by atoms with Gasteiger partial charge in [0.25, 0.3) is 0 Å². The molecule has 88 valence electrons. The first kappa shape index (κ1) is 12.2. The van der Waals surface area contributed by atoms with Crippen molar-refractivity contribution in [1.29, 1.82) is 0 Å². The Morgan fingerprint density at radius 3 is 2.62 bits per heavy atom. The van der Waals surface area contributed by atoms with E-state index in [0.29, 0.717) is 16.0 Å². The van der Waals surface area contributed by atoms with Gasteiger partial charge < -0.3 is 5.11 Å². The first-order chi connectivity index (χ1) is 7.49. The average Bonchev–Trinajstić information content (AvgIpc) is 2.26. The average molecular weight is 259 g/mol. The molecule has 0 amide bonds. The molecular formula is C13H16Cl2O. The Bertz CT molecular complexity index is 405. The zero-order valence-electron chi connectivity index (χ0n) is 9.50. The summed E-state index contributed by atoms with van der Waals surface area (Å²) in [7, 11) is 0. The van der Waals surface area contributed by atoms with Gasteiger partial charge in [-0.3, -0.25) is 0 Å². The molecule has 1 aliphatic rings. The van der Waals surface area contributed by atoms with Crippen LogP contribution in [0.5, 0.6) is 0 Å². The molecule has 0 aliphatic heterocycles. The van der Waals surface area contributed by atoms with Gasteiger partial charge in [0.2, 0.25) is 0 Å². The minimum atomic E-state index is -0.214. The standard InChI is InChI=1S/C13H16Cl2O/c1-3-13(2)10(7-12(13)16)9-5-4-8(14)6-11(9)15/h4-6,10,12,16H,3,7H2,1-2H3. The molecule has 0 saturated heterocycles. The van der Waals surface area contributed by atoms with Crippen molar-refractivity contribution in [1.82, 2.24) is 0 Å². The van der Waals surface area contributed by atoms with Crippen LogP contribution in [0.4, 0.5) is 0 Å². The fraction of sp³-hybridized carbons (Fsp3) is 0.538. The molecule has 3 heteroatoms. The van der Waals surface area contributed by atoms with Crippen molar-refractivity contribution in [2.75, 3.05) is 0 Å². The third-order valence-electron chi connectivity index (χ3n) is 4.12. The van der Waals surface area contributed by atoms with Crippen molar-refractivity contribution >= 4 is 23.2 Å². The molecule has 1 N–H and O–H groups in total. The highest BCUT2D eigenvalue weighted by Crippen LogP contribution is 2.56. The minimum Gasteiger partial charge on any atom is -0.393 e. The lowest BCUT2D eigenvalue weighted by molar-refractivity contribution is -0.0777. The quantitative estimate of drug-likeness (QED) is 0.841. The minimum absolute atomic E-state index is 0.0442. The fourth-order valence-corrected chi connectivity index (χ4v) is 3.12. The van der Waals surface area contributed by atoms with Crippen LogP contribution in [-0.4, -0.2) is 11.2 Å². The zero-order valence-corrected chi connectivity index (χ0v) is 11.0. The van der Waals surface area contributed by atoms with Crippen LogP contribution in [0.15, 0.2) is 18.2 Å². The zero-order chi connectivity index (χ0) is 11.9. The lowest BCUT2D eigenvalue weighted by Gasteiger charge is -2.52. The van der Waals surface area contributed by atoms with E-state index in [1.54, 1.807) is 6.07 Å². The Hall–Kier alpha value is -0.240. The summed E-state index contributed by atoms with van der Waals surface area (Å²) in [6.07, 6.45) is 1.54. The lowest BCUT2D eigenvalue weighted by atomic mass is 9.55. The molecule has 0 aromatic heterocycles. The smallest absolute Gasteiger partial charge is 0.0605 e. The number of benzene rings is 1. The van der Waals surface area contributed by atoms with Crippen molar-refractivity contribution in [2.45, 2.75) is 38.7 Å². The Kier molecular flexibility index (Phi) is 3.22. The molecule has 16 heavy (non-hydrogen) atoms. The second-order valence-corrected chi connectivity index (χ2v) is 5.67. The van der Waals surface area contributed by atoms with Gasteiger partial charge in [-0.2, -0.15) is 0 Å². The fourth-order valence-electron chi connectivity index (χ4n) is 2.58. The van der Waals surface area contributed by atoms with Crippen LogP contribution in [0.25, 0.3) is 0 Å². The number of halogens is 2. The molecule has 3 atom stereocenters. The van der Waals surface area contributed by atoms with E-state index in [1.165, 1.54) is 0 Å². The predicted octanol–water partition coefficient (Wildman–Crippen LogP) is 4.26. The molecule has 3 unspecified atom stereocenters. The van der Waals surface area contributed by atoms with Crippen molar-refractivity contribution < 1.29 is 5.11 Å². The van der Waals surface area contributed by atoms with E-state index in [2.05, 4.69) is 13.8 Å². The van der Waals surface area contributed by atoms with Crippen LogP contribution in [0.1, 0.15) is 38.2 Å². The molecular weight excluding hydrogens is 243 g/mol. The van der Waals surface area contributed by atoms with E-state index in [1.807, 2.05) is 12.1 Å². The lowest BCUT2D eigenvalue weighted by Crippen LogP contribution is -2.49. The summed E-state index contributed by atoms with van der Waals surface area (Å²) in [5, 5.41) is 11.2. The summed E-state index contributed by atoms with van der Waals surface area (Å²) >= 11 is 12.1. The van der Waals surface area contributed by atoms with E-state index >= 15 is 0 Å². The Balaban J connectivity index is 2.33. The second kappa shape index (κ2) is 4.21. The van der Waals surface area contributed by atoms with Crippen molar-refractivity contribution in [3.8, 4) is 0 Å². The predicted molar refractivity (Wildman–Crippen MR) is 68.2 cm³/mol. The normalized spacial score (nSPS) is 33.6. The number of aliphatic hydroxyl groups is 1. The van der Waals surface area contributed by atoms with Gasteiger partial charge in [0.05, 0.1) is 6.10 Å². The summed E-state index contributed by atoms with van der Waals surface area (Å²) in [5.74, 6) is 0.345. The van der Waals surface area contributed by atoms with E-state index in [9.17, 15) is 5.11 Å². The number of aliphatic hydroxyl groups excluding tert-OH is 1. The molecule has 1 aliphatic carbocycles. The van der Waals surface area contributed by atoms with Crippen LogP contribution in [-0.2, 0) is 0 Å². The van der Waals surface area contributed by atoms with E-state index in [4.69, 9.17) is 23.2 Å². The molecule has 1 saturated carbocycles. The summed E-state index contributed by atoms with van der Waals surface area (Å²) in [6.45, 7) is 4.23. The largest absolute Gasteiger partial charge is 0.393 e. The van der Waals surface area contributed by atoms with E-state index < -0.39 is 0 Å². The second-order valence-electron chi connectivity index (χ2n) is 4.83. The molecule has 2 rings (SSSR count). The van der Waals surface area contributed by atoms with Gasteiger partial charge in [-0.25, -0.2) is 0 Å². The van der Waals surface area contributed by atoms with Gasteiger partial charge in [0.1, 0.15) is 0 Å². The van der Waals surface area contributed by atoms with E-state index in [0.717, 1.165) is 18.4 Å². The SMILES string of the molecule is CCC1(C)C(O)CC1c1ccc(Cl)cc1Cl. The summed E-state index contributed by atoms with van der Waals surface area (Å²) in [5.41, 5.74) is 1.07. The molecule has 0 heterocycles. The van der Waals surface area contributed by atoms with Crippen molar-refractivity contribution in [2.24, 2.45) is 5.41 Å². The van der Waals surface area contributed by atoms with Crippen LogP contribution in [0.3, 0.4) is 0 Å². The first-order valence-electron chi connectivity index (χ1n) is 5.62. The molecule has 0 spiro atoms. The highest BCUT2D eigenvalue weighted by molar-refractivity contribution is 6.35. The van der Waals surface area contributed by atoms with E-state index in [-0.39, 0.29) is 11.5 Å². The number of hydrogen-bond donors (Lipinski definition) is 1. The molecule has 1 nitrogen and oxygen atoms in total. The monoisotopic (exact) mass is 258 g/mol. The van der Waals surface area contributed by atoms with Crippen LogP contribution in [0, 0.1) is 5.41 Å². The maximum absolute atomic E-state index is 9.88. The highest BCUT2D eigenvalue weighted by Gasteiger charge is 2.50. The summed E-state index contributed by atoms with van der Waals surface area (Å²) in [6, 6.07) is 5.62. The Morgan fingerprint density at radius 2 is 2.12 bits per heavy atom. The highest BCUT2D eigenvalue weighted by atomic mass is 35.5. The van der Waals surface area contributed by atoms with Gasteiger partial charge >= 0.3 is 0 Å². The van der Waals surface area contributed by atoms with Crippen molar-refractivity contribution in [3.63, 3.8) is 0 Å².